The van der Waals surface area contributed by atoms with Crippen LogP contribution in [-0.2, 0) is 33.6 Å². The second kappa shape index (κ2) is 13.3. The van der Waals surface area contributed by atoms with Crippen molar-refractivity contribution >= 4 is 23.7 Å². The Labute approximate surface area is 200 Å². The summed E-state index contributed by atoms with van der Waals surface area (Å²) in [5, 5.41) is 8.83. The molecule has 0 aliphatic carbocycles. The Morgan fingerprint density at radius 1 is 1.09 bits per heavy atom. The lowest BCUT2D eigenvalue weighted by Gasteiger charge is -2.24. The first kappa shape index (κ1) is 25.1. The van der Waals surface area contributed by atoms with E-state index in [0.29, 0.717) is 6.54 Å². The van der Waals surface area contributed by atoms with E-state index in [2.05, 4.69) is 42.2 Å². The van der Waals surface area contributed by atoms with E-state index in [9.17, 15) is 9.59 Å². The SMILES string of the molecule is CCc1cccc(CCc2ccccc2OCC(CN2CCSC2)OC(=O)CCC(=O)O)c1. The number of carboxylic acids is 1. The maximum Gasteiger partial charge on any atom is 0.306 e. The zero-order chi connectivity index (χ0) is 23.5. The first-order chi connectivity index (χ1) is 16.0. The summed E-state index contributed by atoms with van der Waals surface area (Å²) in [7, 11) is 0. The summed E-state index contributed by atoms with van der Waals surface area (Å²) >= 11 is 1.85. The molecule has 2 aromatic carbocycles. The van der Waals surface area contributed by atoms with Crippen molar-refractivity contribution in [1.29, 1.82) is 0 Å². The van der Waals surface area contributed by atoms with E-state index in [-0.39, 0.29) is 19.4 Å². The van der Waals surface area contributed by atoms with Gasteiger partial charge < -0.3 is 14.6 Å². The van der Waals surface area contributed by atoms with E-state index in [0.717, 1.165) is 48.7 Å². The fourth-order valence-corrected chi connectivity index (χ4v) is 4.79. The van der Waals surface area contributed by atoms with Gasteiger partial charge in [0.25, 0.3) is 0 Å². The summed E-state index contributed by atoms with van der Waals surface area (Å²) in [4.78, 5) is 25.2. The molecule has 1 fully saturated rings. The van der Waals surface area contributed by atoms with Gasteiger partial charge in [-0.2, -0.15) is 0 Å². The van der Waals surface area contributed by atoms with Gasteiger partial charge in [0.1, 0.15) is 18.5 Å². The van der Waals surface area contributed by atoms with Gasteiger partial charge in [0.15, 0.2) is 0 Å². The zero-order valence-corrected chi connectivity index (χ0v) is 20.0. The second-order valence-electron chi connectivity index (χ2n) is 8.21. The Morgan fingerprint density at radius 3 is 2.67 bits per heavy atom. The summed E-state index contributed by atoms with van der Waals surface area (Å²) in [6.45, 7) is 3.93. The van der Waals surface area contributed by atoms with Crippen molar-refractivity contribution in [2.45, 2.75) is 45.1 Å². The number of hydrogen-bond donors (Lipinski definition) is 1. The van der Waals surface area contributed by atoms with Crippen molar-refractivity contribution in [3.8, 4) is 5.75 Å². The van der Waals surface area contributed by atoms with E-state index in [1.165, 1.54) is 11.1 Å². The maximum atomic E-state index is 12.2. The second-order valence-corrected chi connectivity index (χ2v) is 9.29. The number of hydrogen-bond acceptors (Lipinski definition) is 6. The molecule has 1 atom stereocenters. The molecule has 0 bridgehead atoms. The third-order valence-electron chi connectivity index (χ3n) is 5.61. The van der Waals surface area contributed by atoms with Crippen molar-refractivity contribution in [2.24, 2.45) is 0 Å². The summed E-state index contributed by atoms with van der Waals surface area (Å²) < 4.78 is 11.7. The van der Waals surface area contributed by atoms with Gasteiger partial charge >= 0.3 is 11.9 Å². The van der Waals surface area contributed by atoms with Crippen LogP contribution in [0.3, 0.4) is 0 Å². The topological polar surface area (TPSA) is 76.1 Å². The van der Waals surface area contributed by atoms with Gasteiger partial charge in [0, 0.05) is 24.7 Å². The van der Waals surface area contributed by atoms with Gasteiger partial charge in [-0.3, -0.25) is 14.5 Å². The van der Waals surface area contributed by atoms with Crippen molar-refractivity contribution in [2.75, 3.05) is 31.3 Å². The minimum Gasteiger partial charge on any atom is -0.489 e. The Morgan fingerprint density at radius 2 is 1.91 bits per heavy atom. The Balaban J connectivity index is 1.60. The number of para-hydroxylation sites is 1. The Bertz CT molecular complexity index is 913. The molecule has 7 heteroatoms. The number of carbonyl (C=O) groups is 2. The van der Waals surface area contributed by atoms with E-state index in [1.54, 1.807) is 0 Å². The molecule has 0 radical (unpaired) electrons. The van der Waals surface area contributed by atoms with Crippen molar-refractivity contribution in [3.63, 3.8) is 0 Å². The molecule has 0 aromatic heterocycles. The van der Waals surface area contributed by atoms with E-state index in [1.807, 2.05) is 30.0 Å². The van der Waals surface area contributed by atoms with E-state index >= 15 is 0 Å². The lowest BCUT2D eigenvalue weighted by molar-refractivity contribution is -0.154. The standard InChI is InChI=1S/C26H33NO5S/c1-2-20-6-5-7-21(16-20)10-11-22-8-3-4-9-24(22)31-18-23(17-27-14-15-33-19-27)32-26(30)13-12-25(28)29/h3-9,16,23H,2,10-15,17-19H2,1H3,(H,28,29). The number of aliphatic carboxylic acids is 1. The van der Waals surface area contributed by atoms with Gasteiger partial charge in [-0.05, 0) is 42.0 Å². The number of carbonyl (C=O) groups excluding carboxylic acids is 1. The van der Waals surface area contributed by atoms with Crippen molar-refractivity contribution in [1.82, 2.24) is 4.90 Å². The lowest BCUT2D eigenvalue weighted by atomic mass is 10.0. The Hall–Kier alpha value is -2.51. The fourth-order valence-electron chi connectivity index (χ4n) is 3.78. The van der Waals surface area contributed by atoms with Gasteiger partial charge in [0.05, 0.1) is 12.8 Å². The number of benzene rings is 2. The van der Waals surface area contributed by atoms with Crippen LogP contribution in [0.15, 0.2) is 48.5 Å². The van der Waals surface area contributed by atoms with Crippen LogP contribution >= 0.6 is 11.8 Å². The predicted molar refractivity (Wildman–Crippen MR) is 131 cm³/mol. The minimum absolute atomic E-state index is 0.131. The summed E-state index contributed by atoms with van der Waals surface area (Å²) in [6.07, 6.45) is 2.00. The van der Waals surface area contributed by atoms with Crippen LogP contribution in [0, 0.1) is 0 Å². The number of ether oxygens (including phenoxy) is 2. The number of rotatable bonds is 13. The first-order valence-corrected chi connectivity index (χ1v) is 12.7. The molecule has 33 heavy (non-hydrogen) atoms. The molecule has 3 rings (SSSR count). The fraction of sp³-hybridized carbons (Fsp3) is 0.462. The van der Waals surface area contributed by atoms with Gasteiger partial charge in [-0.25, -0.2) is 0 Å². The number of carboxylic acid groups (broad SMARTS) is 1. The number of thioether (sulfide) groups is 1. The molecular weight excluding hydrogens is 438 g/mol. The summed E-state index contributed by atoms with van der Waals surface area (Å²) in [6, 6.07) is 16.6. The molecule has 0 amide bonds. The quantitative estimate of drug-likeness (QED) is 0.439. The van der Waals surface area contributed by atoms with Crippen LogP contribution in [0.4, 0.5) is 0 Å². The highest BCUT2D eigenvalue weighted by molar-refractivity contribution is 7.99. The number of esters is 1. The molecule has 1 saturated heterocycles. The van der Waals surface area contributed by atoms with Crippen LogP contribution in [0.5, 0.6) is 5.75 Å². The van der Waals surface area contributed by atoms with Crippen LogP contribution in [0.1, 0.15) is 36.5 Å². The van der Waals surface area contributed by atoms with Crippen LogP contribution in [-0.4, -0.2) is 59.4 Å². The van der Waals surface area contributed by atoms with E-state index < -0.39 is 18.0 Å². The van der Waals surface area contributed by atoms with Crippen molar-refractivity contribution in [3.05, 3.63) is 65.2 Å². The highest BCUT2D eigenvalue weighted by Crippen LogP contribution is 2.22. The summed E-state index contributed by atoms with van der Waals surface area (Å²) in [5.41, 5.74) is 3.76. The first-order valence-electron chi connectivity index (χ1n) is 11.5. The largest absolute Gasteiger partial charge is 0.489 e. The molecule has 178 valence electrons. The lowest BCUT2D eigenvalue weighted by Crippen LogP contribution is -2.37. The molecular formula is C26H33NO5S. The maximum absolute atomic E-state index is 12.2. The molecule has 1 aliphatic rings. The minimum atomic E-state index is -1.01. The molecule has 0 saturated carbocycles. The average molecular weight is 472 g/mol. The summed E-state index contributed by atoms with van der Waals surface area (Å²) in [5.74, 6) is 1.25. The third-order valence-corrected chi connectivity index (χ3v) is 6.63. The van der Waals surface area contributed by atoms with Gasteiger partial charge in [-0.15, -0.1) is 11.8 Å². The monoisotopic (exact) mass is 471 g/mol. The third kappa shape index (κ3) is 8.74. The van der Waals surface area contributed by atoms with Crippen LogP contribution < -0.4 is 4.74 Å². The average Bonchev–Trinajstić information content (AvgIpc) is 3.33. The highest BCUT2D eigenvalue weighted by atomic mass is 32.2. The zero-order valence-electron chi connectivity index (χ0n) is 19.2. The molecule has 6 nitrogen and oxygen atoms in total. The van der Waals surface area contributed by atoms with Crippen LogP contribution in [0.25, 0.3) is 0 Å². The highest BCUT2D eigenvalue weighted by Gasteiger charge is 2.22. The van der Waals surface area contributed by atoms with Crippen molar-refractivity contribution < 1.29 is 24.2 Å². The smallest absolute Gasteiger partial charge is 0.306 e. The molecule has 1 unspecified atom stereocenters. The molecule has 1 aliphatic heterocycles. The Kier molecular flexibility index (Phi) is 10.1. The molecule has 2 aromatic rings. The van der Waals surface area contributed by atoms with E-state index in [4.69, 9.17) is 14.6 Å². The molecule has 1 N–H and O–H groups in total. The predicted octanol–water partition coefficient (Wildman–Crippen LogP) is 4.20. The number of nitrogens with zero attached hydrogens (tertiary/aromatic N) is 1. The van der Waals surface area contributed by atoms with Gasteiger partial charge in [-0.1, -0.05) is 49.4 Å². The normalized spacial score (nSPS) is 14.7. The number of aryl methyl sites for hydroxylation is 3. The van der Waals surface area contributed by atoms with Gasteiger partial charge in [0.2, 0.25) is 0 Å². The molecule has 0 spiro atoms. The molecule has 1 heterocycles. The van der Waals surface area contributed by atoms with Crippen LogP contribution in [0.2, 0.25) is 0 Å².